The number of ether oxygens (including phenoxy) is 1. The highest BCUT2D eigenvalue weighted by molar-refractivity contribution is 5.26. The molecule has 0 radical (unpaired) electrons. The largest absolute Gasteiger partial charge is 0.722 e. The summed E-state index contributed by atoms with van der Waals surface area (Å²) in [6.07, 6.45) is 5.08. The molecule has 1 N–H and O–H groups in total. The fraction of sp³-hybridized carbons (Fsp3) is 0.417. The van der Waals surface area contributed by atoms with Gasteiger partial charge >= 0.3 is 0 Å². The summed E-state index contributed by atoms with van der Waals surface area (Å²) in [5.74, 6) is 0.958. The smallest absolute Gasteiger partial charge is 0.225 e. The standard InChI is InChI=1S/C12H18O/c1-3-4-5-6-11-7-9-12(13-2)10-8-11/h7-10,13H,2-6H2,1H3. The molecule has 0 spiro atoms. The molecule has 1 rings (SSSR count). The Kier molecular flexibility index (Phi) is 4.37. The molecule has 1 heteroatoms. The van der Waals surface area contributed by atoms with Crippen LogP contribution in [0.4, 0.5) is 0 Å². The Labute approximate surface area is 80.7 Å². The summed E-state index contributed by atoms with van der Waals surface area (Å²) >= 11 is 0. The quantitative estimate of drug-likeness (QED) is 0.372. The monoisotopic (exact) mass is 178 g/mol. The van der Waals surface area contributed by atoms with Gasteiger partial charge in [-0.2, -0.15) is 0 Å². The third-order valence-corrected chi connectivity index (χ3v) is 2.19. The maximum atomic E-state index is 3.86. The maximum absolute atomic E-state index is 3.86. The van der Waals surface area contributed by atoms with E-state index in [1.54, 1.807) is 0 Å². The van der Waals surface area contributed by atoms with E-state index < -0.39 is 0 Å². The molecule has 0 saturated heterocycles. The number of hydrogen-bond donors (Lipinski definition) is 0. The summed E-state index contributed by atoms with van der Waals surface area (Å²) < 4.78 is 3.86. The molecular formula is C12H18O. The van der Waals surface area contributed by atoms with Crippen molar-refractivity contribution in [2.24, 2.45) is 0 Å². The van der Waals surface area contributed by atoms with Crippen molar-refractivity contribution in [3.8, 4) is 5.75 Å². The van der Waals surface area contributed by atoms with Gasteiger partial charge in [0, 0.05) is 12.1 Å². The van der Waals surface area contributed by atoms with Crippen molar-refractivity contribution in [1.82, 2.24) is 0 Å². The Morgan fingerprint density at radius 3 is 2.38 bits per heavy atom. The van der Waals surface area contributed by atoms with Gasteiger partial charge in [-0.25, -0.2) is 0 Å². The molecule has 0 fully saturated rings. The topological polar surface area (TPSA) is 12.8 Å². The van der Waals surface area contributed by atoms with Crippen LogP contribution in [0.1, 0.15) is 31.7 Å². The van der Waals surface area contributed by atoms with E-state index in [1.807, 2.05) is 12.1 Å². The molecule has 0 amide bonds. The van der Waals surface area contributed by atoms with Gasteiger partial charge in [-0.05, 0) is 25.5 Å². The van der Waals surface area contributed by atoms with E-state index in [9.17, 15) is 0 Å². The van der Waals surface area contributed by atoms with E-state index in [1.165, 1.54) is 31.2 Å². The lowest BCUT2D eigenvalue weighted by molar-refractivity contribution is 0.186. The number of hydrogen-bond acceptors (Lipinski definition) is 0. The molecule has 0 heterocycles. The second kappa shape index (κ2) is 5.63. The summed E-state index contributed by atoms with van der Waals surface area (Å²) in [6, 6.07) is 8.32. The minimum atomic E-state index is 0.958. The van der Waals surface area contributed by atoms with Gasteiger partial charge in [-0.3, -0.25) is 0 Å². The lowest BCUT2D eigenvalue weighted by Gasteiger charge is -2.04. The zero-order chi connectivity index (χ0) is 9.52. The molecule has 0 aliphatic rings. The number of rotatable bonds is 5. The third-order valence-electron chi connectivity index (χ3n) is 2.19. The number of aliphatic hydroxyl groups is 1. The summed E-state index contributed by atoms with van der Waals surface area (Å²) in [4.78, 5) is 0. The van der Waals surface area contributed by atoms with Crippen molar-refractivity contribution in [3.05, 3.63) is 36.9 Å². The van der Waals surface area contributed by atoms with Gasteiger partial charge in [0.1, 0.15) is 0 Å². The maximum Gasteiger partial charge on any atom is 0.225 e. The predicted molar refractivity (Wildman–Crippen MR) is 56.7 cm³/mol. The predicted octanol–water partition coefficient (Wildman–Crippen LogP) is 3.45. The first-order valence-electron chi connectivity index (χ1n) is 4.92. The number of aromatic hydroxyl groups is 1. The van der Waals surface area contributed by atoms with Crippen LogP contribution in [0.3, 0.4) is 0 Å². The molecule has 1 aromatic carbocycles. The van der Waals surface area contributed by atoms with Crippen LogP contribution in [0, 0.1) is 7.11 Å². The first kappa shape index (κ1) is 10.1. The Morgan fingerprint density at radius 2 is 1.85 bits per heavy atom. The zero-order valence-corrected chi connectivity index (χ0v) is 8.29. The van der Waals surface area contributed by atoms with E-state index in [2.05, 4.69) is 30.9 Å². The molecule has 0 bridgehead atoms. The highest BCUT2D eigenvalue weighted by Crippen LogP contribution is 2.14. The minimum Gasteiger partial charge on any atom is -0.722 e. The Morgan fingerprint density at radius 1 is 1.15 bits per heavy atom. The molecule has 0 aliphatic heterocycles. The van der Waals surface area contributed by atoms with Crippen LogP contribution in [0.25, 0.3) is 0 Å². The van der Waals surface area contributed by atoms with Gasteiger partial charge in [0.2, 0.25) is 5.75 Å². The summed E-state index contributed by atoms with van der Waals surface area (Å²) in [7, 11) is 3.49. The Balaban J connectivity index is 2.40. The van der Waals surface area contributed by atoms with E-state index in [0.717, 1.165) is 5.75 Å². The highest BCUT2D eigenvalue weighted by Gasteiger charge is 1.95. The van der Waals surface area contributed by atoms with Crippen LogP contribution in [-0.2, 0) is 6.42 Å². The van der Waals surface area contributed by atoms with Crippen LogP contribution in [0.2, 0.25) is 0 Å². The molecule has 1 aromatic rings. The number of benzene rings is 1. The van der Waals surface area contributed by atoms with Crippen molar-refractivity contribution in [2.45, 2.75) is 32.6 Å². The second-order valence-electron chi connectivity index (χ2n) is 3.28. The minimum absolute atomic E-state index is 0.958. The van der Waals surface area contributed by atoms with E-state index in [-0.39, 0.29) is 0 Å². The van der Waals surface area contributed by atoms with Crippen LogP contribution >= 0.6 is 0 Å². The molecule has 1 nitrogen and oxygen atoms in total. The van der Waals surface area contributed by atoms with Gasteiger partial charge in [-0.1, -0.05) is 31.9 Å². The summed E-state index contributed by atoms with van der Waals surface area (Å²) in [5, 5.41) is 0. The van der Waals surface area contributed by atoms with Crippen molar-refractivity contribution >= 4 is 0 Å². The molecule has 0 unspecified atom stereocenters. The molecule has 0 saturated carbocycles. The first-order chi connectivity index (χ1) is 6.36. The molecular weight excluding hydrogens is 160 g/mol. The lowest BCUT2D eigenvalue weighted by Crippen LogP contribution is -1.85. The van der Waals surface area contributed by atoms with Crippen molar-refractivity contribution < 1.29 is 4.74 Å². The van der Waals surface area contributed by atoms with E-state index in [0.29, 0.717) is 0 Å². The molecule has 0 atom stereocenters. The summed E-state index contributed by atoms with van der Waals surface area (Å²) in [5.41, 5.74) is 1.40. The van der Waals surface area contributed by atoms with Gasteiger partial charge in [0.15, 0.2) is 0 Å². The van der Waals surface area contributed by atoms with Crippen LogP contribution in [0.5, 0.6) is 5.75 Å². The third kappa shape index (κ3) is 3.49. The van der Waals surface area contributed by atoms with Crippen LogP contribution in [0.15, 0.2) is 24.3 Å². The zero-order valence-electron chi connectivity index (χ0n) is 8.29. The fourth-order valence-electron chi connectivity index (χ4n) is 1.35. The molecule has 72 valence electrons. The van der Waals surface area contributed by atoms with Gasteiger partial charge in [0.05, 0.1) is 0 Å². The Bertz CT molecular complexity index is 225. The number of unbranched alkanes of at least 4 members (excludes halogenated alkanes) is 2. The molecule has 0 aliphatic carbocycles. The van der Waals surface area contributed by atoms with Gasteiger partial charge in [-0.15, -0.1) is 0 Å². The summed E-state index contributed by atoms with van der Waals surface area (Å²) in [6.45, 7) is 2.23. The van der Waals surface area contributed by atoms with Crippen molar-refractivity contribution in [3.63, 3.8) is 0 Å². The normalized spacial score (nSPS) is 10.0. The second-order valence-corrected chi connectivity index (χ2v) is 3.28. The first-order valence-corrected chi connectivity index (χ1v) is 4.92. The Hall–Kier alpha value is -0.980. The van der Waals surface area contributed by atoms with Gasteiger partial charge < -0.3 is 4.74 Å². The SMILES string of the molecule is [CH2-][OH+]c1ccc(CCCCC)cc1. The van der Waals surface area contributed by atoms with Crippen molar-refractivity contribution in [2.75, 3.05) is 0 Å². The van der Waals surface area contributed by atoms with E-state index >= 15 is 0 Å². The average Bonchev–Trinajstić information content (AvgIpc) is 2.19. The van der Waals surface area contributed by atoms with Crippen LogP contribution < -0.4 is 0 Å². The van der Waals surface area contributed by atoms with Crippen molar-refractivity contribution in [1.29, 1.82) is 0 Å². The fourth-order valence-corrected chi connectivity index (χ4v) is 1.35. The highest BCUT2D eigenvalue weighted by atomic mass is 16.5. The van der Waals surface area contributed by atoms with Crippen LogP contribution in [-0.4, -0.2) is 4.74 Å². The van der Waals surface area contributed by atoms with E-state index in [4.69, 9.17) is 0 Å². The van der Waals surface area contributed by atoms with Gasteiger partial charge in [0.25, 0.3) is 0 Å². The average molecular weight is 178 g/mol. The molecule has 0 aromatic heterocycles. The lowest BCUT2D eigenvalue weighted by atomic mass is 10.1. The molecule has 13 heavy (non-hydrogen) atoms. The number of aryl methyl sites for hydroxylation is 1.